The molecule has 2 aromatic rings. The first-order valence-corrected chi connectivity index (χ1v) is 6.24. The lowest BCUT2D eigenvalue weighted by molar-refractivity contribution is -0.385. The summed E-state index contributed by atoms with van der Waals surface area (Å²) in [6.07, 6.45) is 0. The lowest BCUT2D eigenvalue weighted by atomic mass is 10.1. The van der Waals surface area contributed by atoms with Crippen LogP contribution in [-0.4, -0.2) is 4.92 Å². The summed E-state index contributed by atoms with van der Waals surface area (Å²) in [5.74, 6) is 0.876. The number of para-hydroxylation sites is 1. The fourth-order valence-electron chi connectivity index (χ4n) is 1.98. The smallest absolute Gasteiger partial charge is 0.311 e. The van der Waals surface area contributed by atoms with Gasteiger partial charge in [-0.05, 0) is 36.6 Å². The summed E-state index contributed by atoms with van der Waals surface area (Å²) >= 11 is 0. The standard InChI is InChI=1S/C15H16N2O3/c1-10-4-3-5-13(17(18)19)15(10)20-14-7-6-12(9-16)8-11(14)2/h3-8H,9,16H2,1-2H3. The van der Waals surface area contributed by atoms with Gasteiger partial charge in [0.2, 0.25) is 5.75 Å². The Hall–Kier alpha value is -2.40. The maximum atomic E-state index is 11.1. The van der Waals surface area contributed by atoms with Crippen molar-refractivity contribution in [3.63, 3.8) is 0 Å². The summed E-state index contributed by atoms with van der Waals surface area (Å²) in [6, 6.07) is 10.4. The SMILES string of the molecule is Cc1cc(CN)ccc1Oc1c(C)cccc1[N+](=O)[O-]. The Balaban J connectivity index is 2.42. The number of nitro groups is 1. The van der Waals surface area contributed by atoms with E-state index >= 15 is 0 Å². The average molecular weight is 272 g/mol. The highest BCUT2D eigenvalue weighted by atomic mass is 16.6. The first-order valence-electron chi connectivity index (χ1n) is 6.24. The van der Waals surface area contributed by atoms with Gasteiger partial charge in [0.15, 0.2) is 0 Å². The predicted molar refractivity (Wildman–Crippen MR) is 77.0 cm³/mol. The maximum Gasteiger partial charge on any atom is 0.311 e. The molecular weight excluding hydrogens is 256 g/mol. The van der Waals surface area contributed by atoms with E-state index in [0.29, 0.717) is 12.3 Å². The monoisotopic (exact) mass is 272 g/mol. The van der Waals surface area contributed by atoms with Crippen molar-refractivity contribution in [2.45, 2.75) is 20.4 Å². The van der Waals surface area contributed by atoms with E-state index in [4.69, 9.17) is 10.5 Å². The van der Waals surface area contributed by atoms with Crippen LogP contribution in [0.3, 0.4) is 0 Å². The second-order valence-electron chi connectivity index (χ2n) is 4.59. The second-order valence-corrected chi connectivity index (χ2v) is 4.59. The Morgan fingerprint density at radius 1 is 1.20 bits per heavy atom. The Labute approximate surface area is 117 Å². The molecule has 0 bridgehead atoms. The summed E-state index contributed by atoms with van der Waals surface area (Å²) in [7, 11) is 0. The molecule has 2 aromatic carbocycles. The number of rotatable bonds is 4. The van der Waals surface area contributed by atoms with Gasteiger partial charge in [-0.1, -0.05) is 24.3 Å². The van der Waals surface area contributed by atoms with Gasteiger partial charge in [0.25, 0.3) is 0 Å². The normalized spacial score (nSPS) is 10.3. The fourth-order valence-corrected chi connectivity index (χ4v) is 1.98. The molecule has 5 nitrogen and oxygen atoms in total. The number of benzene rings is 2. The molecule has 0 radical (unpaired) electrons. The molecule has 0 aliphatic heterocycles. The van der Waals surface area contributed by atoms with Gasteiger partial charge < -0.3 is 10.5 Å². The van der Waals surface area contributed by atoms with Crippen LogP contribution >= 0.6 is 0 Å². The van der Waals surface area contributed by atoms with Crippen LogP contribution in [0.1, 0.15) is 16.7 Å². The third kappa shape index (κ3) is 2.78. The van der Waals surface area contributed by atoms with Crippen molar-refractivity contribution in [1.29, 1.82) is 0 Å². The molecule has 104 valence electrons. The van der Waals surface area contributed by atoms with Gasteiger partial charge in [-0.2, -0.15) is 0 Å². The van der Waals surface area contributed by atoms with Crippen LogP contribution in [0, 0.1) is 24.0 Å². The Bertz CT molecular complexity index is 654. The van der Waals surface area contributed by atoms with Gasteiger partial charge >= 0.3 is 5.69 Å². The van der Waals surface area contributed by atoms with Gasteiger partial charge in [0, 0.05) is 12.6 Å². The minimum atomic E-state index is -0.439. The van der Waals surface area contributed by atoms with Crippen molar-refractivity contribution in [1.82, 2.24) is 0 Å². The van der Waals surface area contributed by atoms with Gasteiger partial charge in [0.1, 0.15) is 5.75 Å². The van der Waals surface area contributed by atoms with Gasteiger partial charge in [-0.3, -0.25) is 10.1 Å². The molecule has 0 aliphatic carbocycles. The van der Waals surface area contributed by atoms with E-state index in [0.717, 1.165) is 16.7 Å². The lowest BCUT2D eigenvalue weighted by Crippen LogP contribution is -1.99. The molecule has 0 saturated heterocycles. The fraction of sp³-hybridized carbons (Fsp3) is 0.200. The number of nitrogens with two attached hydrogens (primary N) is 1. The van der Waals surface area contributed by atoms with Gasteiger partial charge in [-0.15, -0.1) is 0 Å². The Morgan fingerprint density at radius 2 is 1.95 bits per heavy atom. The number of hydrogen-bond acceptors (Lipinski definition) is 4. The number of hydrogen-bond donors (Lipinski definition) is 1. The van der Waals surface area contributed by atoms with Crippen LogP contribution in [0.25, 0.3) is 0 Å². The van der Waals surface area contributed by atoms with Crippen molar-refractivity contribution in [2.24, 2.45) is 5.73 Å². The molecule has 0 aromatic heterocycles. The molecular formula is C15H16N2O3. The predicted octanol–water partition coefficient (Wildman–Crippen LogP) is 3.46. The molecule has 0 fully saturated rings. The van der Waals surface area contributed by atoms with E-state index < -0.39 is 4.92 Å². The van der Waals surface area contributed by atoms with E-state index in [1.807, 2.05) is 19.1 Å². The third-order valence-corrected chi connectivity index (χ3v) is 3.07. The molecule has 0 amide bonds. The van der Waals surface area contributed by atoms with E-state index in [-0.39, 0.29) is 11.4 Å². The van der Waals surface area contributed by atoms with E-state index in [1.54, 1.807) is 25.1 Å². The minimum absolute atomic E-state index is 0.0349. The van der Waals surface area contributed by atoms with Crippen LogP contribution in [0.15, 0.2) is 36.4 Å². The lowest BCUT2D eigenvalue weighted by Gasteiger charge is -2.12. The zero-order chi connectivity index (χ0) is 14.7. The molecule has 5 heteroatoms. The van der Waals surface area contributed by atoms with E-state index in [1.165, 1.54) is 6.07 Å². The largest absolute Gasteiger partial charge is 0.450 e. The van der Waals surface area contributed by atoms with Crippen molar-refractivity contribution in [3.05, 3.63) is 63.2 Å². The molecule has 0 saturated carbocycles. The zero-order valence-corrected chi connectivity index (χ0v) is 11.4. The molecule has 2 rings (SSSR count). The van der Waals surface area contributed by atoms with Crippen LogP contribution in [0.2, 0.25) is 0 Å². The van der Waals surface area contributed by atoms with Crippen molar-refractivity contribution < 1.29 is 9.66 Å². The molecule has 0 spiro atoms. The molecule has 0 atom stereocenters. The van der Waals surface area contributed by atoms with E-state index in [2.05, 4.69) is 0 Å². The highest BCUT2D eigenvalue weighted by Gasteiger charge is 2.18. The molecule has 0 unspecified atom stereocenters. The summed E-state index contributed by atoms with van der Waals surface area (Å²) < 4.78 is 5.75. The van der Waals surface area contributed by atoms with Gasteiger partial charge in [-0.25, -0.2) is 0 Å². The molecule has 0 aliphatic rings. The Kier molecular flexibility index (Phi) is 4.00. The highest BCUT2D eigenvalue weighted by molar-refractivity contribution is 5.54. The number of nitrogens with zero attached hydrogens (tertiary/aromatic N) is 1. The third-order valence-electron chi connectivity index (χ3n) is 3.07. The first-order chi connectivity index (χ1) is 9.52. The first kappa shape index (κ1) is 14.0. The van der Waals surface area contributed by atoms with Crippen molar-refractivity contribution in [2.75, 3.05) is 0 Å². The summed E-state index contributed by atoms with van der Waals surface area (Å²) in [5.41, 5.74) is 8.16. The maximum absolute atomic E-state index is 11.1. The van der Waals surface area contributed by atoms with Crippen LogP contribution in [0.5, 0.6) is 11.5 Å². The summed E-state index contributed by atoms with van der Waals surface area (Å²) in [5, 5.41) is 11.1. The van der Waals surface area contributed by atoms with Crippen LogP contribution in [-0.2, 0) is 6.54 Å². The van der Waals surface area contributed by atoms with E-state index in [9.17, 15) is 10.1 Å². The Morgan fingerprint density at radius 3 is 2.55 bits per heavy atom. The summed E-state index contributed by atoms with van der Waals surface area (Å²) in [4.78, 5) is 10.6. The van der Waals surface area contributed by atoms with Crippen molar-refractivity contribution in [3.8, 4) is 11.5 Å². The zero-order valence-electron chi connectivity index (χ0n) is 11.4. The average Bonchev–Trinajstić information content (AvgIpc) is 2.42. The summed E-state index contributed by atoms with van der Waals surface area (Å²) in [6.45, 7) is 4.12. The minimum Gasteiger partial charge on any atom is -0.450 e. The quantitative estimate of drug-likeness (QED) is 0.682. The second kappa shape index (κ2) is 5.71. The molecule has 0 heterocycles. The van der Waals surface area contributed by atoms with Gasteiger partial charge in [0.05, 0.1) is 4.92 Å². The number of ether oxygens (including phenoxy) is 1. The molecule has 2 N–H and O–H groups in total. The topological polar surface area (TPSA) is 78.4 Å². The highest BCUT2D eigenvalue weighted by Crippen LogP contribution is 2.35. The van der Waals surface area contributed by atoms with Crippen molar-refractivity contribution >= 4 is 5.69 Å². The molecule has 20 heavy (non-hydrogen) atoms. The van der Waals surface area contributed by atoms with Crippen LogP contribution < -0.4 is 10.5 Å². The van der Waals surface area contributed by atoms with Crippen LogP contribution in [0.4, 0.5) is 5.69 Å². The number of nitro benzene ring substituents is 1. The number of aryl methyl sites for hydroxylation is 2.